The highest BCUT2D eigenvalue weighted by atomic mass is 16.5. The predicted molar refractivity (Wildman–Crippen MR) is 78.1 cm³/mol. The average Bonchev–Trinajstić information content (AvgIpc) is 2.52. The molecule has 0 aliphatic rings. The molecular weight excluding hydrogens is 284 g/mol. The third kappa shape index (κ3) is 4.99. The van der Waals surface area contributed by atoms with Gasteiger partial charge in [-0.05, 0) is 19.1 Å². The van der Waals surface area contributed by atoms with Crippen molar-refractivity contribution in [2.75, 3.05) is 18.5 Å². The van der Waals surface area contributed by atoms with Crippen molar-refractivity contribution in [2.45, 2.75) is 6.92 Å². The number of para-hydroxylation sites is 1. The van der Waals surface area contributed by atoms with E-state index in [4.69, 9.17) is 15.3 Å². The number of hydrogen-bond donors (Lipinski definition) is 2. The SMILES string of the molecule is CCOC(=O)CN/C=C(/C#N)C(=O)Nc1ccccc1C#N. The fourth-order valence-corrected chi connectivity index (χ4v) is 1.48. The Kier molecular flexibility index (Phi) is 6.67. The molecule has 0 aliphatic heterocycles. The molecule has 7 heteroatoms. The number of carbonyl (C=O) groups excluding carboxylic acids is 2. The second-order valence-corrected chi connectivity index (χ2v) is 3.97. The summed E-state index contributed by atoms with van der Waals surface area (Å²) in [4.78, 5) is 23.1. The standard InChI is InChI=1S/C15H14N4O3/c1-2-22-14(20)10-18-9-12(8-17)15(21)19-13-6-4-3-5-11(13)7-16/h3-6,9,18H,2,10H2,1H3,(H,19,21)/b12-9-. The summed E-state index contributed by atoms with van der Waals surface area (Å²) in [5.41, 5.74) is 0.367. The molecule has 1 aromatic rings. The van der Waals surface area contributed by atoms with Crippen molar-refractivity contribution in [2.24, 2.45) is 0 Å². The van der Waals surface area contributed by atoms with Gasteiger partial charge in [0.25, 0.3) is 5.91 Å². The van der Waals surface area contributed by atoms with Gasteiger partial charge in [-0.2, -0.15) is 10.5 Å². The highest BCUT2D eigenvalue weighted by molar-refractivity contribution is 6.07. The largest absolute Gasteiger partial charge is 0.465 e. The molecule has 22 heavy (non-hydrogen) atoms. The second-order valence-electron chi connectivity index (χ2n) is 3.97. The summed E-state index contributed by atoms with van der Waals surface area (Å²) in [6.45, 7) is 1.77. The Morgan fingerprint density at radius 2 is 2.05 bits per heavy atom. The van der Waals surface area contributed by atoms with Crippen LogP contribution in [-0.2, 0) is 14.3 Å². The summed E-state index contributed by atoms with van der Waals surface area (Å²) in [7, 11) is 0. The Morgan fingerprint density at radius 1 is 1.32 bits per heavy atom. The van der Waals surface area contributed by atoms with Crippen LogP contribution >= 0.6 is 0 Å². The van der Waals surface area contributed by atoms with E-state index in [2.05, 4.69) is 10.6 Å². The number of anilines is 1. The fraction of sp³-hybridized carbons (Fsp3) is 0.200. The Hall–Kier alpha value is -3.32. The predicted octanol–water partition coefficient (Wildman–Crippen LogP) is 1.06. The maximum Gasteiger partial charge on any atom is 0.325 e. The van der Waals surface area contributed by atoms with Gasteiger partial charge in [-0.25, -0.2) is 0 Å². The smallest absolute Gasteiger partial charge is 0.325 e. The molecule has 2 N–H and O–H groups in total. The van der Waals surface area contributed by atoms with Crippen molar-refractivity contribution in [3.63, 3.8) is 0 Å². The van der Waals surface area contributed by atoms with Crippen molar-refractivity contribution >= 4 is 17.6 Å². The zero-order chi connectivity index (χ0) is 16.4. The minimum Gasteiger partial charge on any atom is -0.465 e. The van der Waals surface area contributed by atoms with Crippen LogP contribution in [0.2, 0.25) is 0 Å². The van der Waals surface area contributed by atoms with Gasteiger partial charge in [-0.3, -0.25) is 9.59 Å². The monoisotopic (exact) mass is 298 g/mol. The molecule has 0 unspecified atom stereocenters. The molecule has 0 saturated carbocycles. The molecule has 0 heterocycles. The van der Waals surface area contributed by atoms with Gasteiger partial charge in [0.1, 0.15) is 24.3 Å². The van der Waals surface area contributed by atoms with E-state index < -0.39 is 11.9 Å². The summed E-state index contributed by atoms with van der Waals surface area (Å²) >= 11 is 0. The topological polar surface area (TPSA) is 115 Å². The van der Waals surface area contributed by atoms with E-state index >= 15 is 0 Å². The van der Waals surface area contributed by atoms with Crippen LogP contribution in [0.5, 0.6) is 0 Å². The highest BCUT2D eigenvalue weighted by Gasteiger charge is 2.11. The van der Waals surface area contributed by atoms with Crippen LogP contribution in [0.3, 0.4) is 0 Å². The number of rotatable bonds is 6. The van der Waals surface area contributed by atoms with Gasteiger partial charge in [-0.15, -0.1) is 0 Å². The molecule has 0 atom stereocenters. The Bertz CT molecular complexity index is 668. The highest BCUT2D eigenvalue weighted by Crippen LogP contribution is 2.14. The van der Waals surface area contributed by atoms with Crippen LogP contribution in [0.4, 0.5) is 5.69 Å². The first-order valence-electron chi connectivity index (χ1n) is 6.42. The molecule has 1 aromatic carbocycles. The quantitative estimate of drug-likeness (QED) is 0.461. The first kappa shape index (κ1) is 16.7. The average molecular weight is 298 g/mol. The number of carbonyl (C=O) groups is 2. The first-order chi connectivity index (χ1) is 10.6. The van der Waals surface area contributed by atoms with Crippen molar-refractivity contribution in [1.82, 2.24) is 5.32 Å². The van der Waals surface area contributed by atoms with Crippen molar-refractivity contribution in [3.8, 4) is 12.1 Å². The van der Waals surface area contributed by atoms with Crippen LogP contribution in [-0.4, -0.2) is 25.0 Å². The summed E-state index contributed by atoms with van der Waals surface area (Å²) in [6, 6.07) is 10.1. The van der Waals surface area contributed by atoms with Gasteiger partial charge in [0.05, 0.1) is 17.9 Å². The summed E-state index contributed by atoms with van der Waals surface area (Å²) in [5.74, 6) is -1.17. The molecule has 7 nitrogen and oxygen atoms in total. The zero-order valence-electron chi connectivity index (χ0n) is 11.9. The number of hydrogen-bond acceptors (Lipinski definition) is 6. The van der Waals surface area contributed by atoms with Crippen molar-refractivity contribution in [1.29, 1.82) is 10.5 Å². The number of benzene rings is 1. The molecule has 0 aromatic heterocycles. The molecule has 1 rings (SSSR count). The molecule has 112 valence electrons. The minimum atomic E-state index is -0.679. The molecule has 0 bridgehead atoms. The Balaban J connectivity index is 2.71. The van der Waals surface area contributed by atoms with E-state index in [0.717, 1.165) is 6.20 Å². The lowest BCUT2D eigenvalue weighted by atomic mass is 10.2. The van der Waals surface area contributed by atoms with Crippen LogP contribution in [0, 0.1) is 22.7 Å². The third-order valence-electron chi connectivity index (χ3n) is 2.46. The van der Waals surface area contributed by atoms with E-state index in [0.29, 0.717) is 5.69 Å². The van der Waals surface area contributed by atoms with E-state index in [-0.39, 0.29) is 24.3 Å². The van der Waals surface area contributed by atoms with E-state index in [1.165, 1.54) is 0 Å². The van der Waals surface area contributed by atoms with Gasteiger partial charge in [0, 0.05) is 6.20 Å². The number of amides is 1. The van der Waals surface area contributed by atoms with Crippen LogP contribution in [0.15, 0.2) is 36.0 Å². The molecule has 0 spiro atoms. The van der Waals surface area contributed by atoms with E-state index in [9.17, 15) is 9.59 Å². The maximum absolute atomic E-state index is 11.9. The number of nitrogens with one attached hydrogen (secondary N) is 2. The summed E-state index contributed by atoms with van der Waals surface area (Å²) in [5, 5.41) is 22.9. The number of nitriles is 2. The molecule has 0 fully saturated rings. The van der Waals surface area contributed by atoms with Crippen molar-refractivity contribution in [3.05, 3.63) is 41.6 Å². The molecule has 0 aliphatic carbocycles. The summed E-state index contributed by atoms with van der Waals surface area (Å²) < 4.78 is 4.69. The van der Waals surface area contributed by atoms with E-state index in [1.807, 2.05) is 6.07 Å². The number of nitrogens with zero attached hydrogens (tertiary/aromatic N) is 2. The zero-order valence-corrected chi connectivity index (χ0v) is 11.9. The van der Waals surface area contributed by atoms with E-state index in [1.54, 1.807) is 37.3 Å². The van der Waals surface area contributed by atoms with Gasteiger partial charge in [0.15, 0.2) is 0 Å². The minimum absolute atomic E-state index is 0.152. The lowest BCUT2D eigenvalue weighted by molar-refractivity contribution is -0.141. The molecular formula is C15H14N4O3. The van der Waals surface area contributed by atoms with Gasteiger partial charge < -0.3 is 15.4 Å². The fourth-order valence-electron chi connectivity index (χ4n) is 1.48. The number of esters is 1. The van der Waals surface area contributed by atoms with Crippen LogP contribution in [0.1, 0.15) is 12.5 Å². The van der Waals surface area contributed by atoms with Crippen LogP contribution in [0.25, 0.3) is 0 Å². The molecule has 1 amide bonds. The maximum atomic E-state index is 11.9. The lowest BCUT2D eigenvalue weighted by Gasteiger charge is -2.06. The number of ether oxygens (including phenoxy) is 1. The summed E-state index contributed by atoms with van der Waals surface area (Å²) in [6.07, 6.45) is 1.13. The Morgan fingerprint density at radius 3 is 2.68 bits per heavy atom. The van der Waals surface area contributed by atoms with Gasteiger partial charge in [0.2, 0.25) is 0 Å². The Labute approximate surface area is 127 Å². The van der Waals surface area contributed by atoms with Gasteiger partial charge in [-0.1, -0.05) is 12.1 Å². The van der Waals surface area contributed by atoms with Crippen molar-refractivity contribution < 1.29 is 14.3 Å². The lowest BCUT2D eigenvalue weighted by Crippen LogP contribution is -2.23. The molecule has 0 radical (unpaired) electrons. The first-order valence-corrected chi connectivity index (χ1v) is 6.42. The van der Waals surface area contributed by atoms with Gasteiger partial charge >= 0.3 is 5.97 Å². The second kappa shape index (κ2) is 8.77. The van der Waals surface area contributed by atoms with Crippen LogP contribution < -0.4 is 10.6 Å². The molecule has 0 saturated heterocycles. The normalized spacial score (nSPS) is 10.0. The third-order valence-corrected chi connectivity index (χ3v) is 2.46.